The van der Waals surface area contributed by atoms with E-state index in [1.807, 2.05) is 30.3 Å². The van der Waals surface area contributed by atoms with Crippen molar-refractivity contribution >= 4 is 0 Å². The van der Waals surface area contributed by atoms with Gasteiger partial charge in [0.2, 0.25) is 0 Å². The Hall–Kier alpha value is -2.75. The Kier molecular flexibility index (Phi) is 9.12. The molecular formula is C32H37F3O. The number of hydrogen-bond acceptors (Lipinski definition) is 1. The lowest BCUT2D eigenvalue weighted by Gasteiger charge is -2.29. The third-order valence-electron chi connectivity index (χ3n) is 7.49. The van der Waals surface area contributed by atoms with E-state index >= 15 is 8.78 Å². The molecule has 0 atom stereocenters. The minimum Gasteiger partial charge on any atom is -0.490 e. The maximum Gasteiger partial charge on any atom is 0.166 e. The van der Waals surface area contributed by atoms with Crippen molar-refractivity contribution in [2.45, 2.75) is 77.6 Å². The van der Waals surface area contributed by atoms with E-state index in [1.54, 1.807) is 24.3 Å². The van der Waals surface area contributed by atoms with Crippen LogP contribution < -0.4 is 4.74 Å². The topological polar surface area (TPSA) is 9.23 Å². The minimum absolute atomic E-state index is 0.00804. The molecule has 0 saturated heterocycles. The summed E-state index contributed by atoms with van der Waals surface area (Å²) in [5.41, 5.74) is 3.67. The van der Waals surface area contributed by atoms with Crippen LogP contribution in [0, 0.1) is 23.4 Å². The van der Waals surface area contributed by atoms with Gasteiger partial charge in [-0.25, -0.2) is 13.2 Å². The third kappa shape index (κ3) is 6.32. The Balaban J connectivity index is 1.33. The molecule has 0 spiro atoms. The summed E-state index contributed by atoms with van der Waals surface area (Å²) in [6, 6.07) is 16.4. The van der Waals surface area contributed by atoms with Crippen LogP contribution in [-0.4, -0.2) is 6.61 Å². The summed E-state index contributed by atoms with van der Waals surface area (Å²) in [6.07, 6.45) is 8.27. The molecule has 1 aliphatic carbocycles. The predicted molar refractivity (Wildman–Crippen MR) is 141 cm³/mol. The molecule has 0 heterocycles. The van der Waals surface area contributed by atoms with E-state index in [4.69, 9.17) is 4.74 Å². The first-order valence-electron chi connectivity index (χ1n) is 13.5. The SMILES string of the molecule is CCCCc1ccc(OCC2CCC(c3ccc(-c4ccc(CCC)cc4)c(F)c3F)CC2)c(F)c1. The van der Waals surface area contributed by atoms with E-state index in [0.29, 0.717) is 29.0 Å². The summed E-state index contributed by atoms with van der Waals surface area (Å²) in [6.45, 7) is 4.69. The van der Waals surface area contributed by atoms with Gasteiger partial charge in [-0.2, -0.15) is 0 Å². The van der Waals surface area contributed by atoms with E-state index in [9.17, 15) is 4.39 Å². The van der Waals surface area contributed by atoms with Gasteiger partial charge in [0.25, 0.3) is 0 Å². The van der Waals surface area contributed by atoms with Crippen LogP contribution in [0.5, 0.6) is 5.75 Å². The lowest BCUT2D eigenvalue weighted by atomic mass is 9.78. The fourth-order valence-corrected chi connectivity index (χ4v) is 5.29. The molecule has 36 heavy (non-hydrogen) atoms. The van der Waals surface area contributed by atoms with Gasteiger partial charge < -0.3 is 4.74 Å². The Labute approximate surface area is 213 Å². The molecule has 0 aromatic heterocycles. The van der Waals surface area contributed by atoms with Gasteiger partial charge in [-0.1, -0.05) is 69.2 Å². The monoisotopic (exact) mass is 494 g/mol. The standard InChI is InChI=1S/C32H37F3O/c1-3-5-7-23-12-19-30(29(33)20-23)36-21-24-10-15-26(16-11-24)28-18-17-27(31(34)32(28)35)25-13-8-22(6-4-2)9-14-25/h8-9,12-14,17-20,24,26H,3-7,10-11,15-16,21H2,1-2H3. The molecule has 1 fully saturated rings. The van der Waals surface area contributed by atoms with E-state index in [0.717, 1.165) is 63.4 Å². The van der Waals surface area contributed by atoms with Crippen molar-refractivity contribution < 1.29 is 17.9 Å². The Morgan fingerprint density at radius 1 is 0.750 bits per heavy atom. The fourth-order valence-electron chi connectivity index (χ4n) is 5.29. The molecule has 0 bridgehead atoms. The van der Waals surface area contributed by atoms with Crippen molar-refractivity contribution in [2.24, 2.45) is 5.92 Å². The predicted octanol–water partition coefficient (Wildman–Crippen LogP) is 9.42. The van der Waals surface area contributed by atoms with Gasteiger partial charge in [-0.3, -0.25) is 0 Å². The van der Waals surface area contributed by atoms with Crippen LogP contribution >= 0.6 is 0 Å². The Bertz CT molecular complexity index is 1130. The molecule has 0 aliphatic heterocycles. The number of hydrogen-bond donors (Lipinski definition) is 0. The fraction of sp³-hybridized carbons (Fsp3) is 0.438. The third-order valence-corrected chi connectivity index (χ3v) is 7.49. The lowest BCUT2D eigenvalue weighted by molar-refractivity contribution is 0.193. The Morgan fingerprint density at radius 2 is 1.47 bits per heavy atom. The van der Waals surface area contributed by atoms with Crippen molar-refractivity contribution in [1.82, 2.24) is 0 Å². The van der Waals surface area contributed by atoms with Gasteiger partial charge in [-0.15, -0.1) is 0 Å². The number of halogens is 3. The number of rotatable bonds is 10. The number of unbranched alkanes of at least 4 members (excludes halogenated alkanes) is 1. The first-order valence-corrected chi connectivity index (χ1v) is 13.5. The highest BCUT2D eigenvalue weighted by atomic mass is 19.2. The van der Waals surface area contributed by atoms with Crippen LogP contribution in [0.4, 0.5) is 13.2 Å². The summed E-state index contributed by atoms with van der Waals surface area (Å²) >= 11 is 0. The average Bonchev–Trinajstić information content (AvgIpc) is 2.90. The summed E-state index contributed by atoms with van der Waals surface area (Å²) < 4.78 is 50.4. The van der Waals surface area contributed by atoms with Crippen LogP contribution in [-0.2, 0) is 12.8 Å². The maximum absolute atomic E-state index is 15.1. The van der Waals surface area contributed by atoms with Gasteiger partial charge in [0.15, 0.2) is 23.2 Å². The highest BCUT2D eigenvalue weighted by Gasteiger charge is 2.27. The molecule has 192 valence electrons. The second-order valence-electron chi connectivity index (χ2n) is 10.2. The minimum atomic E-state index is -0.765. The number of ether oxygens (including phenoxy) is 1. The van der Waals surface area contributed by atoms with Crippen molar-refractivity contribution in [1.29, 1.82) is 0 Å². The molecule has 1 saturated carbocycles. The highest BCUT2D eigenvalue weighted by Crippen LogP contribution is 2.39. The van der Waals surface area contributed by atoms with Gasteiger partial charge in [0, 0.05) is 5.56 Å². The molecule has 0 radical (unpaired) electrons. The van der Waals surface area contributed by atoms with Crippen LogP contribution in [0.25, 0.3) is 11.1 Å². The van der Waals surface area contributed by atoms with Gasteiger partial charge in [0.1, 0.15) is 0 Å². The summed E-state index contributed by atoms with van der Waals surface area (Å²) in [5.74, 6) is -1.23. The first kappa shape index (κ1) is 26.3. The summed E-state index contributed by atoms with van der Waals surface area (Å²) in [7, 11) is 0. The summed E-state index contributed by atoms with van der Waals surface area (Å²) in [4.78, 5) is 0. The van der Waals surface area contributed by atoms with Gasteiger partial charge in [-0.05, 0) is 91.2 Å². The van der Waals surface area contributed by atoms with Crippen LogP contribution in [0.2, 0.25) is 0 Å². The van der Waals surface area contributed by atoms with Crippen LogP contribution in [0.15, 0.2) is 54.6 Å². The smallest absolute Gasteiger partial charge is 0.166 e. The summed E-state index contributed by atoms with van der Waals surface area (Å²) in [5, 5.41) is 0. The Morgan fingerprint density at radius 3 is 2.14 bits per heavy atom. The molecule has 1 aliphatic rings. The van der Waals surface area contributed by atoms with E-state index in [-0.39, 0.29) is 17.7 Å². The molecule has 3 aromatic carbocycles. The van der Waals surface area contributed by atoms with Crippen LogP contribution in [0.3, 0.4) is 0 Å². The second kappa shape index (κ2) is 12.5. The van der Waals surface area contributed by atoms with E-state index < -0.39 is 11.6 Å². The lowest BCUT2D eigenvalue weighted by Crippen LogP contribution is -2.20. The number of aryl methyl sites for hydroxylation is 2. The van der Waals surface area contributed by atoms with E-state index in [2.05, 4.69) is 13.8 Å². The van der Waals surface area contributed by atoms with Gasteiger partial charge in [0.05, 0.1) is 6.61 Å². The van der Waals surface area contributed by atoms with Crippen molar-refractivity contribution in [2.75, 3.05) is 6.61 Å². The zero-order valence-corrected chi connectivity index (χ0v) is 21.5. The second-order valence-corrected chi connectivity index (χ2v) is 10.2. The van der Waals surface area contributed by atoms with Gasteiger partial charge >= 0.3 is 0 Å². The molecule has 4 heteroatoms. The molecule has 0 N–H and O–H groups in total. The highest BCUT2D eigenvalue weighted by molar-refractivity contribution is 5.65. The quantitative estimate of drug-likeness (QED) is 0.273. The molecule has 3 aromatic rings. The van der Waals surface area contributed by atoms with Crippen molar-refractivity contribution in [3.8, 4) is 16.9 Å². The molecule has 0 amide bonds. The molecule has 1 nitrogen and oxygen atoms in total. The van der Waals surface area contributed by atoms with Crippen molar-refractivity contribution in [3.05, 3.63) is 88.7 Å². The van der Waals surface area contributed by atoms with Crippen LogP contribution in [0.1, 0.15) is 81.4 Å². The van der Waals surface area contributed by atoms with E-state index in [1.165, 1.54) is 5.56 Å². The average molecular weight is 495 g/mol. The van der Waals surface area contributed by atoms with Crippen molar-refractivity contribution in [3.63, 3.8) is 0 Å². The largest absolute Gasteiger partial charge is 0.490 e. The normalized spacial score (nSPS) is 17.8. The zero-order chi connectivity index (χ0) is 25.5. The first-order chi connectivity index (χ1) is 17.5. The molecule has 0 unspecified atom stereocenters. The molecule has 4 rings (SSSR count). The number of benzene rings is 3. The zero-order valence-electron chi connectivity index (χ0n) is 21.5. The maximum atomic E-state index is 15.1. The molecular weight excluding hydrogens is 457 g/mol.